The van der Waals surface area contributed by atoms with E-state index in [0.717, 1.165) is 24.2 Å². The highest BCUT2D eigenvalue weighted by atomic mass is 16.5. The molecule has 0 spiro atoms. The molecule has 0 heterocycles. The summed E-state index contributed by atoms with van der Waals surface area (Å²) in [6.07, 6.45) is 8.03. The van der Waals surface area contributed by atoms with E-state index in [1.54, 1.807) is 0 Å². The smallest absolute Gasteiger partial charge is 0.0623 e. The molecule has 0 amide bonds. The minimum Gasteiger partial charge on any atom is -0.379 e. The van der Waals surface area contributed by atoms with Gasteiger partial charge in [0.15, 0.2) is 0 Å². The molecule has 1 atom stereocenters. The first-order valence-corrected chi connectivity index (χ1v) is 8.12. The van der Waals surface area contributed by atoms with E-state index >= 15 is 0 Å². The summed E-state index contributed by atoms with van der Waals surface area (Å²) in [7, 11) is 3.95. The number of rotatable bonds is 7. The van der Waals surface area contributed by atoms with Crippen LogP contribution in [0.3, 0.4) is 0 Å². The van der Waals surface area contributed by atoms with Gasteiger partial charge in [0.25, 0.3) is 0 Å². The molecule has 1 saturated carbocycles. The third-order valence-electron chi connectivity index (χ3n) is 5.31. The van der Waals surface area contributed by atoms with E-state index < -0.39 is 0 Å². The van der Waals surface area contributed by atoms with Gasteiger partial charge in [-0.1, -0.05) is 13.8 Å². The van der Waals surface area contributed by atoms with Gasteiger partial charge in [0, 0.05) is 13.2 Å². The molecule has 2 heteroatoms. The second-order valence-corrected chi connectivity index (χ2v) is 7.32. The first-order valence-electron chi connectivity index (χ1n) is 8.12. The lowest BCUT2D eigenvalue weighted by Crippen LogP contribution is -2.38. The molecular formula is C17H35NO. The van der Waals surface area contributed by atoms with E-state index in [-0.39, 0.29) is 5.60 Å². The van der Waals surface area contributed by atoms with Gasteiger partial charge in [0.2, 0.25) is 0 Å². The van der Waals surface area contributed by atoms with Gasteiger partial charge in [0.1, 0.15) is 0 Å². The van der Waals surface area contributed by atoms with Gasteiger partial charge in [0.05, 0.1) is 5.60 Å². The number of ether oxygens (including phenoxy) is 1. The van der Waals surface area contributed by atoms with Crippen LogP contribution in [0.2, 0.25) is 0 Å². The summed E-state index contributed by atoms with van der Waals surface area (Å²) in [6, 6.07) is 0.669. The number of nitrogens with one attached hydrogen (secondary N) is 1. The standard InChI is InChI=1S/C17H35NO/c1-13(2)14-7-9-15(10-8-14)16(18-5)11-12-17(3,4)19-6/h13-16,18H,7-12H2,1-6H3. The summed E-state index contributed by atoms with van der Waals surface area (Å²) in [4.78, 5) is 0. The van der Waals surface area contributed by atoms with E-state index in [1.807, 2.05) is 7.11 Å². The topological polar surface area (TPSA) is 21.3 Å². The highest BCUT2D eigenvalue weighted by Gasteiger charge is 2.29. The van der Waals surface area contributed by atoms with Gasteiger partial charge in [-0.25, -0.2) is 0 Å². The molecule has 2 nitrogen and oxygen atoms in total. The number of hydrogen-bond acceptors (Lipinski definition) is 2. The molecule has 0 aliphatic heterocycles. The Balaban J connectivity index is 2.40. The monoisotopic (exact) mass is 269 g/mol. The van der Waals surface area contributed by atoms with Gasteiger partial charge in [-0.2, -0.15) is 0 Å². The first kappa shape index (κ1) is 17.0. The van der Waals surface area contributed by atoms with Crippen LogP contribution in [0.25, 0.3) is 0 Å². The Morgan fingerprint density at radius 3 is 2.05 bits per heavy atom. The van der Waals surface area contributed by atoms with Gasteiger partial charge in [-0.15, -0.1) is 0 Å². The van der Waals surface area contributed by atoms with Crippen LogP contribution in [0.15, 0.2) is 0 Å². The van der Waals surface area contributed by atoms with Crippen molar-refractivity contribution in [2.75, 3.05) is 14.2 Å². The normalized spacial score (nSPS) is 26.7. The third kappa shape index (κ3) is 5.43. The fourth-order valence-corrected chi connectivity index (χ4v) is 3.43. The van der Waals surface area contributed by atoms with E-state index in [4.69, 9.17) is 4.74 Å². The predicted molar refractivity (Wildman–Crippen MR) is 83.5 cm³/mol. The third-order valence-corrected chi connectivity index (χ3v) is 5.31. The Hall–Kier alpha value is -0.0800. The van der Waals surface area contributed by atoms with Crippen molar-refractivity contribution in [3.8, 4) is 0 Å². The summed E-state index contributed by atoms with van der Waals surface area (Å²) in [6.45, 7) is 9.13. The van der Waals surface area contributed by atoms with Crippen LogP contribution in [0.5, 0.6) is 0 Å². The largest absolute Gasteiger partial charge is 0.379 e. The molecule has 0 aromatic carbocycles. The first-order chi connectivity index (χ1) is 8.89. The average molecular weight is 269 g/mol. The molecule has 0 bridgehead atoms. The molecule has 1 fully saturated rings. The highest BCUT2D eigenvalue weighted by molar-refractivity contribution is 4.84. The summed E-state index contributed by atoms with van der Waals surface area (Å²) >= 11 is 0. The molecule has 0 aromatic rings. The summed E-state index contributed by atoms with van der Waals surface area (Å²) in [5.41, 5.74) is 0.0181. The molecule has 114 valence electrons. The maximum atomic E-state index is 5.54. The Morgan fingerprint density at radius 2 is 1.63 bits per heavy atom. The second kappa shape index (κ2) is 7.64. The van der Waals surface area contributed by atoms with E-state index in [0.29, 0.717) is 6.04 Å². The van der Waals surface area contributed by atoms with Crippen LogP contribution < -0.4 is 5.32 Å². The minimum absolute atomic E-state index is 0.0181. The zero-order valence-electron chi connectivity index (χ0n) is 14.0. The fraction of sp³-hybridized carbons (Fsp3) is 1.00. The zero-order chi connectivity index (χ0) is 14.5. The fourth-order valence-electron chi connectivity index (χ4n) is 3.43. The van der Waals surface area contributed by atoms with Gasteiger partial charge < -0.3 is 10.1 Å². The van der Waals surface area contributed by atoms with Crippen molar-refractivity contribution in [1.29, 1.82) is 0 Å². The zero-order valence-corrected chi connectivity index (χ0v) is 14.0. The van der Waals surface area contributed by atoms with Crippen LogP contribution in [-0.2, 0) is 4.74 Å². The van der Waals surface area contributed by atoms with Crippen LogP contribution >= 0.6 is 0 Å². The Labute approximate surface area is 120 Å². The van der Waals surface area contributed by atoms with Crippen LogP contribution in [0.4, 0.5) is 0 Å². The lowest BCUT2D eigenvalue weighted by Gasteiger charge is -2.36. The van der Waals surface area contributed by atoms with Crippen molar-refractivity contribution in [2.24, 2.45) is 17.8 Å². The van der Waals surface area contributed by atoms with Crippen molar-refractivity contribution in [3.63, 3.8) is 0 Å². The van der Waals surface area contributed by atoms with Crippen molar-refractivity contribution in [3.05, 3.63) is 0 Å². The second-order valence-electron chi connectivity index (χ2n) is 7.32. The molecule has 19 heavy (non-hydrogen) atoms. The van der Waals surface area contributed by atoms with Gasteiger partial charge in [-0.05, 0) is 77.2 Å². The lowest BCUT2D eigenvalue weighted by atomic mass is 9.73. The summed E-state index contributed by atoms with van der Waals surface area (Å²) in [5.74, 6) is 2.69. The Bertz CT molecular complexity index is 242. The number of hydrogen-bond donors (Lipinski definition) is 1. The molecule has 1 aliphatic carbocycles. The predicted octanol–water partition coefficient (Wildman–Crippen LogP) is 4.24. The van der Waals surface area contributed by atoms with Crippen molar-refractivity contribution >= 4 is 0 Å². The van der Waals surface area contributed by atoms with Crippen molar-refractivity contribution < 1.29 is 4.74 Å². The molecule has 1 rings (SSSR count). The Morgan fingerprint density at radius 1 is 1.11 bits per heavy atom. The number of methoxy groups -OCH3 is 1. The maximum absolute atomic E-state index is 5.54. The summed E-state index contributed by atoms with van der Waals surface area (Å²) in [5, 5.41) is 3.56. The minimum atomic E-state index is 0.0181. The molecule has 0 saturated heterocycles. The quantitative estimate of drug-likeness (QED) is 0.746. The molecule has 1 unspecified atom stereocenters. The van der Waals surface area contributed by atoms with Gasteiger partial charge >= 0.3 is 0 Å². The molecule has 1 aliphatic rings. The molecule has 1 N–H and O–H groups in total. The summed E-state index contributed by atoms with van der Waals surface area (Å²) < 4.78 is 5.54. The average Bonchev–Trinajstić information content (AvgIpc) is 2.40. The lowest BCUT2D eigenvalue weighted by molar-refractivity contribution is 0.00936. The van der Waals surface area contributed by atoms with Crippen LogP contribution in [0.1, 0.15) is 66.2 Å². The Kier molecular flexibility index (Phi) is 6.82. The molecule has 0 aromatic heterocycles. The van der Waals surface area contributed by atoms with E-state index in [2.05, 4.69) is 40.1 Å². The van der Waals surface area contributed by atoms with Crippen LogP contribution in [-0.4, -0.2) is 25.8 Å². The highest BCUT2D eigenvalue weighted by Crippen LogP contribution is 2.36. The van der Waals surface area contributed by atoms with Gasteiger partial charge in [-0.3, -0.25) is 0 Å². The van der Waals surface area contributed by atoms with Crippen LogP contribution in [0, 0.1) is 17.8 Å². The van der Waals surface area contributed by atoms with E-state index in [9.17, 15) is 0 Å². The van der Waals surface area contributed by atoms with Crippen molar-refractivity contribution in [1.82, 2.24) is 5.32 Å². The maximum Gasteiger partial charge on any atom is 0.0623 e. The molecule has 0 radical (unpaired) electrons. The van der Waals surface area contributed by atoms with E-state index in [1.165, 1.54) is 32.1 Å². The molecular weight excluding hydrogens is 234 g/mol. The van der Waals surface area contributed by atoms with Crippen molar-refractivity contribution in [2.45, 2.75) is 77.9 Å². The SMILES string of the molecule is CNC(CCC(C)(C)OC)C1CCC(C(C)C)CC1.